The van der Waals surface area contributed by atoms with Crippen molar-refractivity contribution in [2.24, 2.45) is 5.73 Å². The first-order chi connectivity index (χ1) is 13.2. The number of pyridine rings is 1. The molecule has 0 fully saturated rings. The van der Waals surface area contributed by atoms with E-state index >= 15 is 0 Å². The van der Waals surface area contributed by atoms with Crippen LogP contribution in [0.3, 0.4) is 0 Å². The lowest BCUT2D eigenvalue weighted by molar-refractivity contribution is 0.604. The van der Waals surface area contributed by atoms with Crippen LogP contribution in [-0.4, -0.2) is 35.5 Å². The summed E-state index contributed by atoms with van der Waals surface area (Å²) in [5.74, 6) is 0. The third kappa shape index (κ3) is 3.44. The molecule has 0 bridgehead atoms. The summed E-state index contributed by atoms with van der Waals surface area (Å²) in [6, 6.07) is 7.92. The van der Waals surface area contributed by atoms with Crippen LogP contribution < -0.4 is 11.4 Å². The van der Waals surface area contributed by atoms with E-state index < -0.39 is 0 Å². The number of fused-ring (bicyclic) bond motifs is 1. The number of nitrogens with zero attached hydrogens (tertiary/aromatic N) is 6. The first-order valence-electron chi connectivity index (χ1n) is 8.17. The van der Waals surface area contributed by atoms with Gasteiger partial charge in [-0.2, -0.15) is 10.2 Å². The Morgan fingerprint density at radius 1 is 1.30 bits per heavy atom. The predicted molar refractivity (Wildman–Crippen MR) is 100 cm³/mol. The van der Waals surface area contributed by atoms with E-state index in [2.05, 4.69) is 15.2 Å². The van der Waals surface area contributed by atoms with Gasteiger partial charge >= 0.3 is 5.69 Å². The van der Waals surface area contributed by atoms with E-state index in [1.165, 1.54) is 21.9 Å². The molecule has 0 aliphatic heterocycles. The molecule has 0 spiro atoms. The zero-order valence-corrected chi connectivity index (χ0v) is 15.0. The average molecular weight is 385 g/mol. The molecular weight excluding hydrogens is 369 g/mol. The summed E-state index contributed by atoms with van der Waals surface area (Å²) in [5, 5.41) is 8.12. The van der Waals surface area contributed by atoms with Gasteiger partial charge in [0.15, 0.2) is 5.65 Å². The molecule has 0 aromatic carbocycles. The molecule has 27 heavy (non-hydrogen) atoms. The SMILES string of the molecule is NC/C(=C\F)Cn1ncn(Cc2ccc(-c3ccn4ncnc4c3)s2)c1=O. The van der Waals surface area contributed by atoms with E-state index in [1.807, 2.05) is 30.5 Å². The third-order valence-corrected chi connectivity index (χ3v) is 5.24. The number of nitrogens with two attached hydrogens (primary N) is 1. The Hall–Kier alpha value is -3.11. The fraction of sp³-hybridized carbons (Fsp3) is 0.176. The van der Waals surface area contributed by atoms with Crippen LogP contribution in [0.4, 0.5) is 4.39 Å². The Morgan fingerprint density at radius 2 is 2.19 bits per heavy atom. The average Bonchev–Trinajstić information content (AvgIpc) is 3.41. The fourth-order valence-electron chi connectivity index (χ4n) is 2.68. The van der Waals surface area contributed by atoms with Crippen LogP contribution in [0.1, 0.15) is 4.88 Å². The maximum Gasteiger partial charge on any atom is 0.346 e. The molecule has 138 valence electrons. The second-order valence-electron chi connectivity index (χ2n) is 5.91. The van der Waals surface area contributed by atoms with Crippen molar-refractivity contribution in [1.82, 2.24) is 28.9 Å². The van der Waals surface area contributed by atoms with Crippen molar-refractivity contribution in [3.05, 3.63) is 70.4 Å². The molecular formula is C17H16FN7OS. The monoisotopic (exact) mass is 385 g/mol. The first-order valence-corrected chi connectivity index (χ1v) is 8.98. The van der Waals surface area contributed by atoms with Crippen molar-refractivity contribution in [2.75, 3.05) is 6.54 Å². The predicted octanol–water partition coefficient (Wildman–Crippen LogP) is 1.68. The van der Waals surface area contributed by atoms with Gasteiger partial charge in [-0.3, -0.25) is 4.57 Å². The molecule has 0 radical (unpaired) electrons. The largest absolute Gasteiger partial charge is 0.346 e. The lowest BCUT2D eigenvalue weighted by atomic mass is 10.2. The molecule has 0 saturated carbocycles. The van der Waals surface area contributed by atoms with Gasteiger partial charge in [0.05, 0.1) is 19.4 Å². The second-order valence-corrected chi connectivity index (χ2v) is 7.08. The second kappa shape index (κ2) is 7.25. The van der Waals surface area contributed by atoms with Crippen LogP contribution in [0.5, 0.6) is 0 Å². The normalized spacial score (nSPS) is 12.1. The molecule has 4 rings (SSSR count). The Labute approximate surface area is 157 Å². The Bertz CT molecular complexity index is 1170. The van der Waals surface area contributed by atoms with E-state index in [0.717, 1.165) is 21.0 Å². The third-order valence-electron chi connectivity index (χ3n) is 4.12. The lowest BCUT2D eigenvalue weighted by Gasteiger charge is -2.01. The standard InChI is InChI=1S/C17H16FN7OS/c18-6-12(7-19)8-25-17(26)23(11-22-25)9-14-1-2-15(27-14)13-3-4-24-16(5-13)20-10-21-24/h1-6,10-11H,7-9,19H2/b12-6+. The molecule has 0 amide bonds. The molecule has 4 aromatic rings. The molecule has 0 unspecified atom stereocenters. The van der Waals surface area contributed by atoms with Crippen molar-refractivity contribution in [1.29, 1.82) is 0 Å². The zero-order valence-electron chi connectivity index (χ0n) is 14.2. The van der Waals surface area contributed by atoms with Gasteiger partial charge in [0.2, 0.25) is 0 Å². The van der Waals surface area contributed by atoms with Crippen molar-refractivity contribution in [3.63, 3.8) is 0 Å². The van der Waals surface area contributed by atoms with Crippen LogP contribution in [0.2, 0.25) is 0 Å². The highest BCUT2D eigenvalue weighted by Crippen LogP contribution is 2.28. The molecule has 0 atom stereocenters. The number of thiophene rings is 1. The highest BCUT2D eigenvalue weighted by Gasteiger charge is 2.10. The summed E-state index contributed by atoms with van der Waals surface area (Å²) in [7, 11) is 0. The Morgan fingerprint density at radius 3 is 3.00 bits per heavy atom. The summed E-state index contributed by atoms with van der Waals surface area (Å²) >= 11 is 1.59. The van der Waals surface area contributed by atoms with Gasteiger partial charge in [-0.1, -0.05) is 0 Å². The van der Waals surface area contributed by atoms with E-state index in [0.29, 0.717) is 18.4 Å². The minimum atomic E-state index is -0.303. The summed E-state index contributed by atoms with van der Waals surface area (Å²) in [4.78, 5) is 18.7. The number of hydrogen-bond acceptors (Lipinski definition) is 6. The minimum Gasteiger partial charge on any atom is -0.327 e. The fourth-order valence-corrected chi connectivity index (χ4v) is 3.68. The Balaban J connectivity index is 1.54. The summed E-state index contributed by atoms with van der Waals surface area (Å²) in [6.07, 6.45) is 5.25. The van der Waals surface area contributed by atoms with Gasteiger partial charge in [-0.25, -0.2) is 23.4 Å². The van der Waals surface area contributed by atoms with Gasteiger partial charge < -0.3 is 5.73 Å². The van der Waals surface area contributed by atoms with Crippen molar-refractivity contribution < 1.29 is 4.39 Å². The van der Waals surface area contributed by atoms with Crippen LogP contribution in [0.25, 0.3) is 16.1 Å². The number of rotatable bonds is 6. The number of hydrogen-bond donors (Lipinski definition) is 1. The number of aromatic nitrogens is 6. The lowest BCUT2D eigenvalue weighted by Crippen LogP contribution is -2.26. The molecule has 2 N–H and O–H groups in total. The van der Waals surface area contributed by atoms with Gasteiger partial charge in [0.1, 0.15) is 12.7 Å². The highest BCUT2D eigenvalue weighted by atomic mass is 32.1. The zero-order chi connectivity index (χ0) is 18.8. The van der Waals surface area contributed by atoms with Crippen molar-refractivity contribution in [3.8, 4) is 10.4 Å². The molecule has 0 aliphatic rings. The molecule has 0 aliphatic carbocycles. The van der Waals surface area contributed by atoms with Crippen LogP contribution in [0, 0.1) is 0 Å². The Kier molecular flexibility index (Phi) is 4.65. The van der Waals surface area contributed by atoms with Crippen LogP contribution in [0.15, 0.2) is 59.8 Å². The van der Waals surface area contributed by atoms with Crippen molar-refractivity contribution >= 4 is 17.0 Å². The molecule has 0 saturated heterocycles. The van der Waals surface area contributed by atoms with Gasteiger partial charge in [0.25, 0.3) is 0 Å². The van der Waals surface area contributed by atoms with Gasteiger partial charge in [-0.05, 0) is 35.4 Å². The topological polar surface area (TPSA) is 96.0 Å². The maximum atomic E-state index is 12.7. The van der Waals surface area contributed by atoms with E-state index in [1.54, 1.807) is 15.9 Å². The molecule has 8 nitrogen and oxygen atoms in total. The molecule has 10 heteroatoms. The smallest absolute Gasteiger partial charge is 0.327 e. The number of halogens is 1. The maximum absolute atomic E-state index is 12.7. The quantitative estimate of drug-likeness (QED) is 0.545. The first kappa shape index (κ1) is 17.3. The minimum absolute atomic E-state index is 0.0421. The summed E-state index contributed by atoms with van der Waals surface area (Å²) < 4.78 is 17.1. The van der Waals surface area contributed by atoms with Crippen LogP contribution >= 0.6 is 11.3 Å². The van der Waals surface area contributed by atoms with Crippen molar-refractivity contribution in [2.45, 2.75) is 13.1 Å². The molecule has 4 heterocycles. The van der Waals surface area contributed by atoms with E-state index in [4.69, 9.17) is 5.73 Å². The van der Waals surface area contributed by atoms with Gasteiger partial charge in [-0.15, -0.1) is 11.3 Å². The van der Waals surface area contributed by atoms with Crippen LogP contribution in [-0.2, 0) is 13.1 Å². The summed E-state index contributed by atoms with van der Waals surface area (Å²) in [6.45, 7) is 0.487. The molecule has 4 aromatic heterocycles. The van der Waals surface area contributed by atoms with E-state index in [9.17, 15) is 9.18 Å². The van der Waals surface area contributed by atoms with Gasteiger partial charge in [0, 0.05) is 22.5 Å². The highest BCUT2D eigenvalue weighted by molar-refractivity contribution is 7.15. The van der Waals surface area contributed by atoms with E-state index in [-0.39, 0.29) is 18.8 Å². The summed E-state index contributed by atoms with van der Waals surface area (Å²) in [5.41, 5.74) is 7.25.